The maximum absolute atomic E-state index is 9.96. The van der Waals surface area contributed by atoms with Crippen LogP contribution in [0, 0.1) is 11.3 Å². The van der Waals surface area contributed by atoms with Gasteiger partial charge in [0.2, 0.25) is 0 Å². The Labute approximate surface area is 134 Å². The summed E-state index contributed by atoms with van der Waals surface area (Å²) in [6.45, 7) is 9.06. The second-order valence-electron chi connectivity index (χ2n) is 7.01. The van der Waals surface area contributed by atoms with Crippen LogP contribution in [0.4, 0.5) is 0 Å². The van der Waals surface area contributed by atoms with Crippen molar-refractivity contribution in [1.29, 1.82) is 0 Å². The number of aromatic hydroxyl groups is 1. The molecule has 3 nitrogen and oxygen atoms in total. The van der Waals surface area contributed by atoms with Crippen molar-refractivity contribution in [3.8, 4) is 17.0 Å². The fourth-order valence-electron chi connectivity index (χ4n) is 2.81. The van der Waals surface area contributed by atoms with Gasteiger partial charge in [-0.25, -0.2) is 0 Å². The summed E-state index contributed by atoms with van der Waals surface area (Å²) in [5.41, 5.74) is 2.98. The summed E-state index contributed by atoms with van der Waals surface area (Å²) in [6, 6.07) is 7.41. The molecule has 0 aliphatic carbocycles. The van der Waals surface area contributed by atoms with Crippen LogP contribution in [0.5, 0.6) is 5.75 Å². The number of nitrogens with one attached hydrogen (secondary N) is 1. The van der Waals surface area contributed by atoms with Gasteiger partial charge in [0.15, 0.2) is 0 Å². The third-order valence-electron chi connectivity index (χ3n) is 3.39. The van der Waals surface area contributed by atoms with Crippen molar-refractivity contribution in [1.82, 2.24) is 10.2 Å². The Balaban J connectivity index is 2.13. The second-order valence-corrected chi connectivity index (χ2v) is 7.93. The Bertz CT molecular complexity index is 613. The van der Waals surface area contributed by atoms with Crippen LogP contribution in [-0.4, -0.2) is 15.3 Å². The fourth-order valence-corrected chi connectivity index (χ4v) is 3.17. The van der Waals surface area contributed by atoms with Crippen molar-refractivity contribution >= 4 is 15.9 Å². The summed E-state index contributed by atoms with van der Waals surface area (Å²) in [7, 11) is 0. The summed E-state index contributed by atoms with van der Waals surface area (Å²) in [4.78, 5) is 0. The highest BCUT2D eigenvalue weighted by Gasteiger charge is 2.17. The lowest BCUT2D eigenvalue weighted by Gasteiger charge is -2.22. The van der Waals surface area contributed by atoms with E-state index in [1.54, 1.807) is 6.07 Å². The predicted molar refractivity (Wildman–Crippen MR) is 90.3 cm³/mol. The van der Waals surface area contributed by atoms with Crippen molar-refractivity contribution in [2.45, 2.75) is 40.5 Å². The number of rotatable bonds is 4. The van der Waals surface area contributed by atoms with Gasteiger partial charge >= 0.3 is 0 Å². The zero-order chi connectivity index (χ0) is 15.6. The molecule has 2 N–H and O–H groups in total. The average molecular weight is 351 g/mol. The lowest BCUT2D eigenvalue weighted by molar-refractivity contribution is 0.305. The van der Waals surface area contributed by atoms with E-state index in [9.17, 15) is 5.11 Å². The number of phenols is 1. The Hall–Kier alpha value is -1.29. The fraction of sp³-hybridized carbons (Fsp3) is 0.471. The lowest BCUT2D eigenvalue weighted by atomic mass is 9.84. The van der Waals surface area contributed by atoms with Gasteiger partial charge in [-0.15, -0.1) is 0 Å². The first-order valence-corrected chi connectivity index (χ1v) is 8.07. The van der Waals surface area contributed by atoms with Gasteiger partial charge in [0, 0.05) is 15.7 Å². The third-order valence-corrected chi connectivity index (χ3v) is 3.89. The molecule has 1 aromatic carbocycles. The van der Waals surface area contributed by atoms with E-state index in [1.807, 2.05) is 18.2 Å². The Morgan fingerprint density at radius 1 is 1.29 bits per heavy atom. The first-order chi connectivity index (χ1) is 9.74. The minimum Gasteiger partial charge on any atom is -0.507 e. The molecule has 21 heavy (non-hydrogen) atoms. The van der Waals surface area contributed by atoms with Crippen molar-refractivity contribution in [2.75, 3.05) is 0 Å². The molecule has 0 saturated heterocycles. The zero-order valence-electron chi connectivity index (χ0n) is 13.1. The quantitative estimate of drug-likeness (QED) is 0.799. The Morgan fingerprint density at radius 3 is 2.67 bits per heavy atom. The largest absolute Gasteiger partial charge is 0.507 e. The number of benzene rings is 1. The molecule has 1 heterocycles. The standard InChI is InChI=1S/C17H23BrN2O/c1-11(10-17(2,3)4)7-13-9-15(20-19-13)14-8-12(18)5-6-16(14)21/h5-6,8-9,11,21H,7,10H2,1-4H3,(H,19,20). The smallest absolute Gasteiger partial charge is 0.125 e. The number of hydrogen-bond donors (Lipinski definition) is 2. The van der Waals surface area contributed by atoms with Gasteiger partial charge in [0.05, 0.1) is 5.69 Å². The normalized spacial score (nSPS) is 13.4. The van der Waals surface area contributed by atoms with Crippen LogP contribution in [-0.2, 0) is 6.42 Å². The second kappa shape index (κ2) is 6.22. The number of nitrogens with zero attached hydrogens (tertiary/aromatic N) is 1. The molecule has 4 heteroatoms. The van der Waals surface area contributed by atoms with E-state index in [0.29, 0.717) is 11.3 Å². The molecule has 1 aromatic heterocycles. The van der Waals surface area contributed by atoms with E-state index in [2.05, 4.69) is 53.8 Å². The van der Waals surface area contributed by atoms with Crippen LogP contribution >= 0.6 is 15.9 Å². The zero-order valence-corrected chi connectivity index (χ0v) is 14.7. The highest BCUT2D eigenvalue weighted by atomic mass is 79.9. The molecule has 0 aliphatic heterocycles. The molecular weight excluding hydrogens is 328 g/mol. The van der Waals surface area contributed by atoms with Crippen LogP contribution in [0.1, 0.15) is 39.8 Å². The van der Waals surface area contributed by atoms with Gasteiger partial charge in [-0.3, -0.25) is 5.10 Å². The number of aromatic amines is 1. The highest BCUT2D eigenvalue weighted by molar-refractivity contribution is 9.10. The molecule has 0 fully saturated rings. The first kappa shape index (κ1) is 16.1. The molecule has 0 bridgehead atoms. The van der Waals surface area contributed by atoms with Crippen LogP contribution < -0.4 is 0 Å². The summed E-state index contributed by atoms with van der Waals surface area (Å²) in [5, 5.41) is 17.4. The minimum absolute atomic E-state index is 0.249. The van der Waals surface area contributed by atoms with E-state index < -0.39 is 0 Å². The summed E-state index contributed by atoms with van der Waals surface area (Å²) in [6.07, 6.45) is 2.14. The van der Waals surface area contributed by atoms with Gasteiger partial charge in [0.1, 0.15) is 5.75 Å². The molecule has 0 amide bonds. The van der Waals surface area contributed by atoms with Gasteiger partial charge < -0.3 is 5.11 Å². The summed E-state index contributed by atoms with van der Waals surface area (Å²) in [5.74, 6) is 0.841. The maximum atomic E-state index is 9.96. The SMILES string of the molecule is CC(Cc1cc(-c2cc(Br)ccc2O)n[nH]1)CC(C)(C)C. The average Bonchev–Trinajstić information content (AvgIpc) is 2.78. The molecule has 0 saturated carbocycles. The van der Waals surface area contributed by atoms with E-state index in [0.717, 1.165) is 27.8 Å². The number of hydrogen-bond acceptors (Lipinski definition) is 2. The monoisotopic (exact) mass is 350 g/mol. The van der Waals surface area contributed by atoms with E-state index >= 15 is 0 Å². The van der Waals surface area contributed by atoms with Crippen LogP contribution in [0.2, 0.25) is 0 Å². The molecular formula is C17H23BrN2O. The van der Waals surface area contributed by atoms with E-state index in [-0.39, 0.29) is 5.75 Å². The Morgan fingerprint density at radius 2 is 2.00 bits per heavy atom. The number of phenolic OH excluding ortho intramolecular Hbond substituents is 1. The molecule has 0 radical (unpaired) electrons. The number of aromatic nitrogens is 2. The maximum Gasteiger partial charge on any atom is 0.125 e. The van der Waals surface area contributed by atoms with Crippen LogP contribution in [0.3, 0.4) is 0 Å². The van der Waals surface area contributed by atoms with Crippen LogP contribution in [0.15, 0.2) is 28.7 Å². The molecule has 0 spiro atoms. The van der Waals surface area contributed by atoms with E-state index in [4.69, 9.17) is 0 Å². The van der Waals surface area contributed by atoms with Crippen molar-refractivity contribution in [3.05, 3.63) is 34.4 Å². The van der Waals surface area contributed by atoms with Crippen molar-refractivity contribution < 1.29 is 5.11 Å². The number of H-pyrrole nitrogens is 1. The molecule has 0 aliphatic rings. The molecule has 114 valence electrons. The third kappa shape index (κ3) is 4.60. The van der Waals surface area contributed by atoms with Gasteiger partial charge in [-0.2, -0.15) is 5.10 Å². The summed E-state index contributed by atoms with van der Waals surface area (Å²) >= 11 is 3.42. The molecule has 1 atom stereocenters. The molecule has 1 unspecified atom stereocenters. The van der Waals surface area contributed by atoms with Crippen molar-refractivity contribution in [2.24, 2.45) is 11.3 Å². The van der Waals surface area contributed by atoms with Gasteiger partial charge in [-0.05, 0) is 48.4 Å². The predicted octanol–water partition coefficient (Wildman–Crippen LogP) is 5.16. The minimum atomic E-state index is 0.249. The number of halogens is 1. The topological polar surface area (TPSA) is 48.9 Å². The first-order valence-electron chi connectivity index (χ1n) is 7.28. The highest BCUT2D eigenvalue weighted by Crippen LogP contribution is 2.32. The van der Waals surface area contributed by atoms with Crippen molar-refractivity contribution in [3.63, 3.8) is 0 Å². The van der Waals surface area contributed by atoms with Crippen LogP contribution in [0.25, 0.3) is 11.3 Å². The molecule has 2 rings (SSSR count). The lowest BCUT2D eigenvalue weighted by Crippen LogP contribution is -2.12. The van der Waals surface area contributed by atoms with Gasteiger partial charge in [0.25, 0.3) is 0 Å². The molecule has 2 aromatic rings. The van der Waals surface area contributed by atoms with Gasteiger partial charge in [-0.1, -0.05) is 43.6 Å². The van der Waals surface area contributed by atoms with E-state index in [1.165, 1.54) is 6.42 Å². The summed E-state index contributed by atoms with van der Waals surface area (Å²) < 4.78 is 0.931. The Kier molecular flexibility index (Phi) is 4.77.